The van der Waals surface area contributed by atoms with Gasteiger partial charge in [-0.15, -0.1) is 11.8 Å². The molecule has 4 heteroatoms. The zero-order chi connectivity index (χ0) is 13.8. The van der Waals surface area contributed by atoms with Gasteiger partial charge < -0.3 is 5.11 Å². The number of hydrogen-bond acceptors (Lipinski definition) is 2. The number of carbonyl (C=O) groups is 1. The van der Waals surface area contributed by atoms with E-state index in [1.54, 1.807) is 0 Å². The summed E-state index contributed by atoms with van der Waals surface area (Å²) >= 11 is 1.48. The summed E-state index contributed by atoms with van der Waals surface area (Å²) in [6.07, 6.45) is 0. The van der Waals surface area contributed by atoms with Crippen LogP contribution in [0, 0.1) is 12.7 Å². The summed E-state index contributed by atoms with van der Waals surface area (Å²) in [5.41, 5.74) is 1.69. The molecule has 0 heterocycles. The summed E-state index contributed by atoms with van der Waals surface area (Å²) in [4.78, 5) is 11.9. The Balaban J connectivity index is 2.12. The fourth-order valence-electron chi connectivity index (χ4n) is 1.61. The number of hydrogen-bond donors (Lipinski definition) is 1. The van der Waals surface area contributed by atoms with Crippen LogP contribution in [0.1, 0.15) is 21.5 Å². The predicted molar refractivity (Wildman–Crippen MR) is 74.1 cm³/mol. The lowest BCUT2D eigenvalue weighted by Gasteiger charge is -2.05. The third kappa shape index (κ3) is 3.58. The molecule has 0 amide bonds. The topological polar surface area (TPSA) is 37.3 Å². The molecule has 2 aromatic rings. The molecular formula is C15H13FO2S. The third-order valence-corrected chi connectivity index (χ3v) is 3.77. The minimum Gasteiger partial charge on any atom is -0.478 e. The van der Waals surface area contributed by atoms with Crippen LogP contribution >= 0.6 is 11.8 Å². The molecule has 2 nitrogen and oxygen atoms in total. The van der Waals surface area contributed by atoms with E-state index >= 15 is 0 Å². The van der Waals surface area contributed by atoms with Gasteiger partial charge in [0.2, 0.25) is 0 Å². The van der Waals surface area contributed by atoms with E-state index in [0.717, 1.165) is 4.90 Å². The molecule has 0 aliphatic carbocycles. The number of rotatable bonds is 4. The van der Waals surface area contributed by atoms with Gasteiger partial charge in [-0.2, -0.15) is 0 Å². The maximum Gasteiger partial charge on any atom is 0.335 e. The number of carboxylic acid groups (broad SMARTS) is 1. The monoisotopic (exact) mass is 276 g/mol. The Morgan fingerprint density at radius 2 is 1.89 bits per heavy atom. The van der Waals surface area contributed by atoms with Crippen LogP contribution in [0.4, 0.5) is 4.39 Å². The summed E-state index contributed by atoms with van der Waals surface area (Å²) < 4.78 is 13.6. The number of aromatic carboxylic acids is 1. The van der Waals surface area contributed by atoms with Crippen LogP contribution in [0.2, 0.25) is 0 Å². The van der Waals surface area contributed by atoms with E-state index in [0.29, 0.717) is 11.3 Å². The van der Waals surface area contributed by atoms with E-state index < -0.39 is 5.97 Å². The quantitative estimate of drug-likeness (QED) is 0.853. The average molecular weight is 276 g/mol. The first-order valence-electron chi connectivity index (χ1n) is 5.77. The molecule has 0 aliphatic heterocycles. The second-order valence-corrected chi connectivity index (χ2v) is 5.26. The number of carboxylic acids is 1. The van der Waals surface area contributed by atoms with Gasteiger partial charge in [0, 0.05) is 10.6 Å². The van der Waals surface area contributed by atoms with E-state index in [1.165, 1.54) is 35.5 Å². The highest BCUT2D eigenvalue weighted by molar-refractivity contribution is 7.98. The molecule has 0 saturated carbocycles. The van der Waals surface area contributed by atoms with Gasteiger partial charge in [-0.05, 0) is 42.8 Å². The van der Waals surface area contributed by atoms with E-state index in [1.807, 2.05) is 31.2 Å². The van der Waals surface area contributed by atoms with Crippen LogP contribution in [-0.4, -0.2) is 11.1 Å². The zero-order valence-electron chi connectivity index (χ0n) is 10.4. The fraction of sp³-hybridized carbons (Fsp3) is 0.133. The van der Waals surface area contributed by atoms with Crippen molar-refractivity contribution in [3.8, 4) is 0 Å². The molecule has 0 fully saturated rings. The molecule has 0 aliphatic rings. The van der Waals surface area contributed by atoms with E-state index in [2.05, 4.69) is 0 Å². The lowest BCUT2D eigenvalue weighted by Crippen LogP contribution is -1.99. The number of thioether (sulfide) groups is 1. The summed E-state index contributed by atoms with van der Waals surface area (Å²) in [5, 5.41) is 8.89. The zero-order valence-corrected chi connectivity index (χ0v) is 11.2. The number of aryl methyl sites for hydroxylation is 1. The van der Waals surface area contributed by atoms with Crippen molar-refractivity contribution < 1.29 is 14.3 Å². The minimum atomic E-state index is -1.04. The van der Waals surface area contributed by atoms with Crippen LogP contribution in [0.25, 0.3) is 0 Å². The van der Waals surface area contributed by atoms with Crippen LogP contribution in [0.5, 0.6) is 0 Å². The van der Waals surface area contributed by atoms with E-state index in [-0.39, 0.29) is 11.4 Å². The SMILES string of the molecule is Cc1ccc(SCc2cc(C(=O)O)ccc2F)cc1. The maximum absolute atomic E-state index is 13.6. The molecular weight excluding hydrogens is 263 g/mol. The number of halogens is 1. The van der Waals surface area contributed by atoms with Crippen LogP contribution in [0.15, 0.2) is 47.4 Å². The van der Waals surface area contributed by atoms with Crippen molar-refractivity contribution in [2.24, 2.45) is 0 Å². The molecule has 98 valence electrons. The van der Waals surface area contributed by atoms with Crippen LogP contribution in [0.3, 0.4) is 0 Å². The maximum atomic E-state index is 13.6. The number of benzene rings is 2. The molecule has 0 unspecified atom stereocenters. The largest absolute Gasteiger partial charge is 0.478 e. The first kappa shape index (κ1) is 13.6. The van der Waals surface area contributed by atoms with Crippen molar-refractivity contribution in [2.75, 3.05) is 0 Å². The smallest absolute Gasteiger partial charge is 0.335 e. The van der Waals surface area contributed by atoms with Gasteiger partial charge in [-0.1, -0.05) is 17.7 Å². The Morgan fingerprint density at radius 3 is 2.53 bits per heavy atom. The van der Waals surface area contributed by atoms with Crippen molar-refractivity contribution in [1.82, 2.24) is 0 Å². The normalized spacial score (nSPS) is 10.4. The molecule has 0 radical (unpaired) electrons. The summed E-state index contributed by atoms with van der Waals surface area (Å²) in [7, 11) is 0. The molecule has 2 rings (SSSR count). The standard InChI is InChI=1S/C15H13FO2S/c1-10-2-5-13(6-3-10)19-9-12-8-11(15(17)18)4-7-14(12)16/h2-8H,9H2,1H3,(H,17,18). The lowest BCUT2D eigenvalue weighted by molar-refractivity contribution is 0.0696. The molecule has 0 bridgehead atoms. The van der Waals surface area contributed by atoms with E-state index in [4.69, 9.17) is 5.11 Å². The summed E-state index contributed by atoms with van der Waals surface area (Å²) in [5.74, 6) is -0.998. The molecule has 0 saturated heterocycles. The highest BCUT2D eigenvalue weighted by Crippen LogP contribution is 2.25. The van der Waals surface area contributed by atoms with Crippen molar-refractivity contribution in [1.29, 1.82) is 0 Å². The van der Waals surface area contributed by atoms with Crippen LogP contribution in [-0.2, 0) is 5.75 Å². The molecule has 1 N–H and O–H groups in total. The van der Waals surface area contributed by atoms with Crippen molar-refractivity contribution in [2.45, 2.75) is 17.6 Å². The molecule has 0 aromatic heterocycles. The predicted octanol–water partition coefficient (Wildman–Crippen LogP) is 4.12. The second kappa shape index (κ2) is 5.89. The Kier molecular flexibility index (Phi) is 4.22. The summed E-state index contributed by atoms with van der Waals surface area (Å²) in [6, 6.07) is 11.8. The highest BCUT2D eigenvalue weighted by atomic mass is 32.2. The minimum absolute atomic E-state index is 0.112. The van der Waals surface area contributed by atoms with Gasteiger partial charge in [-0.25, -0.2) is 9.18 Å². The first-order chi connectivity index (χ1) is 9.06. The molecule has 19 heavy (non-hydrogen) atoms. The molecule has 2 aromatic carbocycles. The van der Waals surface area contributed by atoms with Gasteiger partial charge in [0.25, 0.3) is 0 Å². The second-order valence-electron chi connectivity index (χ2n) is 4.21. The van der Waals surface area contributed by atoms with Crippen molar-refractivity contribution >= 4 is 17.7 Å². The molecule has 0 spiro atoms. The van der Waals surface area contributed by atoms with Gasteiger partial charge in [0.15, 0.2) is 0 Å². The fourth-order valence-corrected chi connectivity index (χ4v) is 2.49. The van der Waals surface area contributed by atoms with Gasteiger partial charge >= 0.3 is 5.97 Å². The van der Waals surface area contributed by atoms with Gasteiger partial charge in [-0.3, -0.25) is 0 Å². The van der Waals surface area contributed by atoms with Crippen LogP contribution < -0.4 is 0 Å². The van der Waals surface area contributed by atoms with Gasteiger partial charge in [0.1, 0.15) is 5.82 Å². The third-order valence-electron chi connectivity index (χ3n) is 2.71. The Bertz CT molecular complexity index is 594. The summed E-state index contributed by atoms with van der Waals surface area (Å²) in [6.45, 7) is 2.00. The van der Waals surface area contributed by atoms with Gasteiger partial charge in [0.05, 0.1) is 5.56 Å². The van der Waals surface area contributed by atoms with Crippen molar-refractivity contribution in [3.63, 3.8) is 0 Å². The Morgan fingerprint density at radius 1 is 1.21 bits per heavy atom. The highest BCUT2D eigenvalue weighted by Gasteiger charge is 2.08. The molecule has 0 atom stereocenters. The van der Waals surface area contributed by atoms with Crippen molar-refractivity contribution in [3.05, 3.63) is 65.0 Å². The first-order valence-corrected chi connectivity index (χ1v) is 6.76. The van der Waals surface area contributed by atoms with E-state index in [9.17, 15) is 9.18 Å². The lowest BCUT2D eigenvalue weighted by atomic mass is 10.1. The Hall–Kier alpha value is -1.81. The average Bonchev–Trinajstić information content (AvgIpc) is 2.39. The Labute approximate surface area is 115 Å².